The molecule has 0 amide bonds. The maximum atomic E-state index is 12.8. The Morgan fingerprint density at radius 1 is 0.974 bits per heavy atom. The molecule has 3 aromatic rings. The Morgan fingerprint density at radius 2 is 1.59 bits per heavy atom. The Balaban J connectivity index is 0.00000225. The third-order valence-corrected chi connectivity index (χ3v) is 6.37. The van der Waals surface area contributed by atoms with Crippen molar-refractivity contribution in [1.29, 1.82) is 0 Å². The van der Waals surface area contributed by atoms with Crippen molar-refractivity contribution >= 4 is 28.1 Å². The number of pyridine rings is 1. The van der Waals surface area contributed by atoms with Crippen LogP contribution in [-0.2, 0) is 12.8 Å². The fourth-order valence-electron chi connectivity index (χ4n) is 3.66. The van der Waals surface area contributed by atoms with Crippen LogP contribution in [0, 0.1) is 13.8 Å². The van der Waals surface area contributed by atoms with Crippen LogP contribution < -0.4 is 10.6 Å². The molecule has 6 nitrogen and oxygen atoms in total. The summed E-state index contributed by atoms with van der Waals surface area (Å²) in [6.07, 6.45) is 7.01. The molecule has 2 heterocycles. The Hall–Kier alpha value is -3.19. The lowest BCUT2D eigenvalue weighted by Crippen LogP contribution is -2.12. The number of carbonyl (C=O) groups excluding carboxylic acids is 1. The van der Waals surface area contributed by atoms with Crippen molar-refractivity contribution in [3.05, 3.63) is 81.8 Å². The van der Waals surface area contributed by atoms with Gasteiger partial charge in [0.1, 0.15) is 5.82 Å². The fraction of sp³-hybridized carbons (Fsp3) is 0.469. The van der Waals surface area contributed by atoms with Crippen molar-refractivity contribution in [2.75, 3.05) is 26.5 Å². The van der Waals surface area contributed by atoms with Crippen molar-refractivity contribution in [1.82, 2.24) is 20.2 Å². The number of rotatable bonds is 11. The summed E-state index contributed by atoms with van der Waals surface area (Å²) in [5.74, 6) is 0.832. The number of Topliss-reactive ketones (excluding diaryl/α,β-unsaturated/α-hetero) is 1. The van der Waals surface area contributed by atoms with Crippen molar-refractivity contribution in [2.45, 2.75) is 81.1 Å². The molecular formula is C32H51N5OS. The minimum Gasteiger partial charge on any atom is -0.390 e. The summed E-state index contributed by atoms with van der Waals surface area (Å²) in [5.41, 5.74) is 5.62. The van der Waals surface area contributed by atoms with E-state index in [1.807, 2.05) is 118 Å². The van der Waals surface area contributed by atoms with E-state index in [2.05, 4.69) is 21.8 Å². The minimum absolute atomic E-state index is 0.0887. The molecule has 39 heavy (non-hydrogen) atoms. The topological polar surface area (TPSA) is 70.2 Å². The van der Waals surface area contributed by atoms with Gasteiger partial charge in [-0.05, 0) is 61.9 Å². The molecule has 7 heteroatoms. The van der Waals surface area contributed by atoms with Crippen LogP contribution >= 0.6 is 11.3 Å². The van der Waals surface area contributed by atoms with Gasteiger partial charge in [-0.3, -0.25) is 4.79 Å². The number of ketones is 1. The molecule has 0 atom stereocenters. The van der Waals surface area contributed by atoms with Crippen LogP contribution in [-0.4, -0.2) is 41.8 Å². The van der Waals surface area contributed by atoms with Crippen LogP contribution in [0.25, 0.3) is 0 Å². The Morgan fingerprint density at radius 3 is 2.18 bits per heavy atom. The van der Waals surface area contributed by atoms with Crippen molar-refractivity contribution in [2.24, 2.45) is 0 Å². The van der Waals surface area contributed by atoms with Gasteiger partial charge in [0.15, 0.2) is 10.9 Å². The fourth-order valence-corrected chi connectivity index (χ4v) is 4.42. The molecule has 2 aromatic heterocycles. The van der Waals surface area contributed by atoms with E-state index < -0.39 is 0 Å². The molecule has 216 valence electrons. The molecule has 0 aliphatic heterocycles. The largest absolute Gasteiger partial charge is 0.390 e. The predicted molar refractivity (Wildman–Crippen MR) is 171 cm³/mol. The van der Waals surface area contributed by atoms with Crippen LogP contribution in [0.4, 0.5) is 10.9 Å². The number of hydrogen-bond donors (Lipinski definition) is 2. The summed E-state index contributed by atoms with van der Waals surface area (Å²) in [5, 5.41) is 7.18. The van der Waals surface area contributed by atoms with Gasteiger partial charge < -0.3 is 15.5 Å². The number of aryl methyl sites for hydroxylation is 3. The van der Waals surface area contributed by atoms with Crippen LogP contribution in [0.15, 0.2) is 54.5 Å². The quantitative estimate of drug-likeness (QED) is 0.233. The highest BCUT2D eigenvalue weighted by molar-refractivity contribution is 7.17. The zero-order valence-corrected chi connectivity index (χ0v) is 26.9. The maximum Gasteiger partial charge on any atom is 0.188 e. The monoisotopic (exact) mass is 553 g/mol. The zero-order chi connectivity index (χ0) is 29.8. The molecule has 0 aliphatic rings. The molecule has 0 radical (unpaired) electrons. The summed E-state index contributed by atoms with van der Waals surface area (Å²) in [7, 11) is 6.00. The van der Waals surface area contributed by atoms with E-state index in [1.54, 1.807) is 6.20 Å². The summed E-state index contributed by atoms with van der Waals surface area (Å²) >= 11 is 1.37. The van der Waals surface area contributed by atoms with E-state index in [4.69, 9.17) is 4.98 Å². The molecule has 0 bridgehead atoms. The number of aromatic nitrogens is 2. The first kappa shape index (κ1) is 35.8. The molecule has 0 saturated carbocycles. The Bertz CT molecular complexity index is 1100. The number of allylic oxidation sites excluding steroid dienone is 1. The van der Waals surface area contributed by atoms with E-state index in [1.165, 1.54) is 17.0 Å². The van der Waals surface area contributed by atoms with Gasteiger partial charge in [0, 0.05) is 45.2 Å². The second kappa shape index (κ2) is 20.7. The van der Waals surface area contributed by atoms with Gasteiger partial charge in [0.25, 0.3) is 0 Å². The maximum absolute atomic E-state index is 12.8. The Labute approximate surface area is 242 Å². The van der Waals surface area contributed by atoms with Gasteiger partial charge in [-0.1, -0.05) is 77.1 Å². The number of anilines is 2. The van der Waals surface area contributed by atoms with E-state index in [0.29, 0.717) is 16.4 Å². The van der Waals surface area contributed by atoms with Crippen molar-refractivity contribution in [3.63, 3.8) is 0 Å². The average molecular weight is 554 g/mol. The number of thiazole rings is 1. The van der Waals surface area contributed by atoms with E-state index in [0.717, 1.165) is 47.5 Å². The van der Waals surface area contributed by atoms with E-state index >= 15 is 0 Å². The second-order valence-corrected chi connectivity index (χ2v) is 9.39. The molecule has 0 unspecified atom stereocenters. The molecular weight excluding hydrogens is 502 g/mol. The third-order valence-electron chi connectivity index (χ3n) is 5.42. The molecule has 0 spiro atoms. The van der Waals surface area contributed by atoms with Gasteiger partial charge in [-0.25, -0.2) is 9.97 Å². The average Bonchev–Trinajstić information content (AvgIpc) is 3.42. The highest BCUT2D eigenvalue weighted by Crippen LogP contribution is 2.24. The predicted octanol–water partition coefficient (Wildman–Crippen LogP) is 8.35. The van der Waals surface area contributed by atoms with Crippen molar-refractivity contribution < 1.29 is 4.79 Å². The van der Waals surface area contributed by atoms with Gasteiger partial charge in [-0.2, -0.15) is 0 Å². The highest BCUT2D eigenvalue weighted by atomic mass is 32.1. The van der Waals surface area contributed by atoms with Crippen LogP contribution in [0.5, 0.6) is 0 Å². The number of nitrogens with one attached hydrogen (secondary N) is 2. The van der Waals surface area contributed by atoms with Crippen LogP contribution in [0.1, 0.15) is 86.4 Å². The summed E-state index contributed by atoms with van der Waals surface area (Å²) in [6.45, 7) is 16.1. The first-order chi connectivity index (χ1) is 18.9. The smallest absolute Gasteiger partial charge is 0.188 e. The number of nitrogens with zero attached hydrogens (tertiary/aromatic N) is 3. The van der Waals surface area contributed by atoms with Crippen molar-refractivity contribution in [3.8, 4) is 0 Å². The molecule has 0 fully saturated rings. The lowest BCUT2D eigenvalue weighted by molar-refractivity contribution is 0.0996. The molecule has 2 N–H and O–H groups in total. The van der Waals surface area contributed by atoms with Gasteiger partial charge in [0.05, 0.1) is 11.1 Å². The van der Waals surface area contributed by atoms with Crippen LogP contribution in [0.2, 0.25) is 0 Å². The lowest BCUT2D eigenvalue weighted by Gasteiger charge is -2.11. The summed E-state index contributed by atoms with van der Waals surface area (Å²) in [4.78, 5) is 24.6. The summed E-state index contributed by atoms with van der Waals surface area (Å²) < 4.78 is 0. The normalized spacial score (nSPS) is 10.1. The summed E-state index contributed by atoms with van der Waals surface area (Å²) in [6, 6.07) is 12.1. The second-order valence-electron chi connectivity index (χ2n) is 8.36. The molecule has 3 rings (SSSR count). The minimum atomic E-state index is 0.0887. The first-order valence-corrected chi connectivity index (χ1v) is 15.0. The molecule has 0 aliphatic carbocycles. The number of carbonyl (C=O) groups is 1. The zero-order valence-electron chi connectivity index (χ0n) is 26.1. The van der Waals surface area contributed by atoms with E-state index in [9.17, 15) is 4.79 Å². The van der Waals surface area contributed by atoms with Crippen LogP contribution in [0.3, 0.4) is 0 Å². The molecule has 0 saturated heterocycles. The van der Waals surface area contributed by atoms with Gasteiger partial charge in [-0.15, -0.1) is 0 Å². The number of hydrogen-bond acceptors (Lipinski definition) is 7. The standard InChI is InChI=1S/C26H33N5OS.3C2H6/c1-18-9-6-10-19(2)22(18)15-23(32)24-16-28-26(33-24)30-25-14-8-12-20(29-25)11-7-13-21(27-3)17-31(4)5;3*1-2/h6,8-10,12,14,16-17,27H,7,11,13,15H2,1-5H3,(H,28,29,30);3*1-2H3/b21-17-;;;. The van der Waals surface area contributed by atoms with Gasteiger partial charge in [0.2, 0.25) is 0 Å². The SMILES string of the molecule is CC.CC.CC.CN/C(=C\N(C)C)CCCc1cccc(Nc2ncc(C(=O)Cc3c(C)cccc3C)s2)n1. The van der Waals surface area contributed by atoms with Gasteiger partial charge >= 0.3 is 0 Å². The molecule has 1 aromatic carbocycles. The number of benzene rings is 1. The first-order valence-electron chi connectivity index (χ1n) is 14.2. The third kappa shape index (κ3) is 12.9. The lowest BCUT2D eigenvalue weighted by atomic mass is 9.98. The highest BCUT2D eigenvalue weighted by Gasteiger charge is 2.14. The van der Waals surface area contributed by atoms with E-state index in [-0.39, 0.29) is 5.78 Å². The Kier molecular flexibility index (Phi) is 19.0.